The van der Waals surface area contributed by atoms with Crippen LogP contribution < -0.4 is 10.0 Å². The number of benzene rings is 1. The van der Waals surface area contributed by atoms with Gasteiger partial charge in [0.15, 0.2) is 0 Å². The van der Waals surface area contributed by atoms with Gasteiger partial charge in [0, 0.05) is 6.54 Å². The minimum absolute atomic E-state index is 0.210. The maximum absolute atomic E-state index is 13.1. The van der Waals surface area contributed by atoms with Crippen LogP contribution >= 0.6 is 0 Å². The van der Waals surface area contributed by atoms with E-state index in [9.17, 15) is 21.6 Å². The molecule has 0 bridgehead atoms. The zero-order chi connectivity index (χ0) is 14.5. The summed E-state index contributed by atoms with van der Waals surface area (Å²) in [5.41, 5.74) is 0.324. The first-order valence-corrected chi connectivity index (χ1v) is 7.12. The number of hydrogen-bond acceptors (Lipinski definition) is 3. The fourth-order valence-electron chi connectivity index (χ4n) is 1.43. The second-order valence-corrected chi connectivity index (χ2v) is 5.51. The largest absolute Gasteiger partial charge is 0.313 e. The van der Waals surface area contributed by atoms with Crippen LogP contribution in [0, 0.1) is 5.82 Å². The highest BCUT2D eigenvalue weighted by Gasteiger charge is 2.20. The van der Waals surface area contributed by atoms with E-state index >= 15 is 0 Å². The monoisotopic (exact) mass is 296 g/mol. The van der Waals surface area contributed by atoms with Crippen molar-refractivity contribution in [2.24, 2.45) is 0 Å². The molecule has 0 radical (unpaired) electrons. The van der Waals surface area contributed by atoms with Crippen molar-refractivity contribution in [1.29, 1.82) is 0 Å². The highest BCUT2D eigenvalue weighted by atomic mass is 32.2. The third-order valence-corrected chi connectivity index (χ3v) is 3.82. The van der Waals surface area contributed by atoms with E-state index in [1.807, 2.05) is 6.92 Å². The molecule has 1 aromatic carbocycles. The highest BCUT2D eigenvalue weighted by molar-refractivity contribution is 7.89. The number of rotatable bonds is 7. The number of hydrogen-bond donors (Lipinski definition) is 2. The fourth-order valence-corrected chi connectivity index (χ4v) is 2.69. The van der Waals surface area contributed by atoms with E-state index in [1.54, 1.807) is 4.72 Å². The number of alkyl halides is 2. The highest BCUT2D eigenvalue weighted by Crippen LogP contribution is 2.17. The van der Waals surface area contributed by atoms with Gasteiger partial charge in [-0.1, -0.05) is 13.0 Å². The molecule has 4 nitrogen and oxygen atoms in total. The zero-order valence-electron chi connectivity index (χ0n) is 10.3. The van der Waals surface area contributed by atoms with Gasteiger partial charge < -0.3 is 5.32 Å². The molecule has 0 heterocycles. The summed E-state index contributed by atoms with van der Waals surface area (Å²) in [6, 6.07) is 3.26. The van der Waals surface area contributed by atoms with Crippen LogP contribution in [-0.2, 0) is 16.6 Å². The lowest BCUT2D eigenvalue weighted by Gasteiger charge is -2.12. The van der Waals surface area contributed by atoms with Crippen LogP contribution in [0.5, 0.6) is 0 Å². The molecule has 0 saturated carbocycles. The van der Waals surface area contributed by atoms with Gasteiger partial charge in [-0.3, -0.25) is 0 Å². The molecule has 8 heteroatoms. The average Bonchev–Trinajstić information content (AvgIpc) is 2.35. The van der Waals surface area contributed by atoms with Crippen molar-refractivity contribution >= 4 is 10.0 Å². The van der Waals surface area contributed by atoms with Crippen LogP contribution in [0.2, 0.25) is 0 Å². The van der Waals surface area contributed by atoms with Gasteiger partial charge in [-0.25, -0.2) is 26.3 Å². The zero-order valence-corrected chi connectivity index (χ0v) is 11.1. The Bertz CT molecular complexity index is 521. The Morgan fingerprint density at radius 1 is 1.32 bits per heavy atom. The molecule has 2 N–H and O–H groups in total. The van der Waals surface area contributed by atoms with E-state index in [-0.39, 0.29) is 11.4 Å². The van der Waals surface area contributed by atoms with Crippen LogP contribution in [-0.4, -0.2) is 27.9 Å². The van der Waals surface area contributed by atoms with Gasteiger partial charge in [0.25, 0.3) is 6.43 Å². The molecule has 1 rings (SSSR count). The summed E-state index contributed by atoms with van der Waals surface area (Å²) in [6.45, 7) is 1.63. The first-order valence-electron chi connectivity index (χ1n) is 5.63. The number of sulfonamides is 1. The molecule has 19 heavy (non-hydrogen) atoms. The van der Waals surface area contributed by atoms with Crippen LogP contribution in [0.3, 0.4) is 0 Å². The molecular weight excluding hydrogens is 281 g/mol. The maximum Gasteiger partial charge on any atom is 0.251 e. The van der Waals surface area contributed by atoms with Crippen molar-refractivity contribution < 1.29 is 21.6 Å². The molecule has 0 fully saturated rings. The fraction of sp³-hybridized carbons (Fsp3) is 0.455. The Balaban J connectivity index is 3.05. The smallest absolute Gasteiger partial charge is 0.251 e. The number of nitrogens with one attached hydrogen (secondary N) is 2. The van der Waals surface area contributed by atoms with E-state index in [1.165, 1.54) is 6.07 Å². The standard InChI is InChI=1S/C11H15F3N2O2S/c1-2-15-6-8-3-4-9(12)5-10(8)19(17,18)16-7-11(13)14/h3-5,11,15-16H,2,6-7H2,1H3. The quantitative estimate of drug-likeness (QED) is 0.801. The summed E-state index contributed by atoms with van der Waals surface area (Å²) >= 11 is 0. The summed E-state index contributed by atoms with van der Waals surface area (Å²) in [6.07, 6.45) is -2.81. The third kappa shape index (κ3) is 4.81. The minimum atomic E-state index is -4.15. The first kappa shape index (κ1) is 15.9. The lowest BCUT2D eigenvalue weighted by Crippen LogP contribution is -2.30. The molecular formula is C11H15F3N2O2S. The van der Waals surface area contributed by atoms with Crippen LogP contribution in [0.15, 0.2) is 23.1 Å². The van der Waals surface area contributed by atoms with Gasteiger partial charge in [0.05, 0.1) is 11.4 Å². The molecule has 108 valence electrons. The van der Waals surface area contributed by atoms with Crippen LogP contribution in [0.1, 0.15) is 12.5 Å². The van der Waals surface area contributed by atoms with Gasteiger partial charge in [0.1, 0.15) is 5.82 Å². The van der Waals surface area contributed by atoms with Crippen molar-refractivity contribution in [3.8, 4) is 0 Å². The molecule has 0 aliphatic heterocycles. The van der Waals surface area contributed by atoms with Gasteiger partial charge in [-0.15, -0.1) is 0 Å². The lowest BCUT2D eigenvalue weighted by atomic mass is 10.2. The molecule has 0 aliphatic rings. The molecule has 0 atom stereocenters. The minimum Gasteiger partial charge on any atom is -0.313 e. The van der Waals surface area contributed by atoms with E-state index in [4.69, 9.17) is 0 Å². The second-order valence-electron chi connectivity index (χ2n) is 3.78. The van der Waals surface area contributed by atoms with Crippen molar-refractivity contribution in [3.05, 3.63) is 29.6 Å². The number of halogens is 3. The normalized spacial score (nSPS) is 12.1. The SMILES string of the molecule is CCNCc1ccc(F)cc1S(=O)(=O)NCC(F)F. The van der Waals surface area contributed by atoms with E-state index in [0.29, 0.717) is 12.1 Å². The first-order chi connectivity index (χ1) is 8.86. The van der Waals surface area contributed by atoms with Gasteiger partial charge in [-0.2, -0.15) is 0 Å². The summed E-state index contributed by atoms with van der Waals surface area (Å²) in [7, 11) is -4.15. The Hall–Kier alpha value is -1.12. The lowest BCUT2D eigenvalue weighted by molar-refractivity contribution is 0.153. The third-order valence-electron chi connectivity index (χ3n) is 2.31. The van der Waals surface area contributed by atoms with E-state index < -0.39 is 28.8 Å². The average molecular weight is 296 g/mol. The van der Waals surface area contributed by atoms with Crippen molar-refractivity contribution in [2.75, 3.05) is 13.1 Å². The molecule has 0 amide bonds. The summed E-state index contributed by atoms with van der Waals surface area (Å²) in [4.78, 5) is -0.325. The topological polar surface area (TPSA) is 58.2 Å². The Labute approximate surface area is 110 Å². The second kappa shape index (κ2) is 6.88. The van der Waals surface area contributed by atoms with Crippen LogP contribution in [0.25, 0.3) is 0 Å². The molecule has 0 unspecified atom stereocenters. The molecule has 0 aromatic heterocycles. The molecule has 0 spiro atoms. The Morgan fingerprint density at radius 3 is 2.58 bits per heavy atom. The van der Waals surface area contributed by atoms with E-state index in [2.05, 4.69) is 5.32 Å². The van der Waals surface area contributed by atoms with Crippen LogP contribution in [0.4, 0.5) is 13.2 Å². The summed E-state index contributed by atoms with van der Waals surface area (Å²) in [5.74, 6) is -0.738. The maximum atomic E-state index is 13.1. The van der Waals surface area contributed by atoms with Crippen molar-refractivity contribution in [3.63, 3.8) is 0 Å². The van der Waals surface area contributed by atoms with Gasteiger partial charge in [0.2, 0.25) is 10.0 Å². The molecule has 1 aromatic rings. The van der Waals surface area contributed by atoms with Gasteiger partial charge >= 0.3 is 0 Å². The summed E-state index contributed by atoms with van der Waals surface area (Å²) in [5, 5.41) is 2.90. The Kier molecular flexibility index (Phi) is 5.77. The molecule has 0 aliphatic carbocycles. The van der Waals surface area contributed by atoms with Crippen molar-refractivity contribution in [1.82, 2.24) is 10.0 Å². The predicted molar refractivity (Wildman–Crippen MR) is 65.0 cm³/mol. The molecule has 0 saturated heterocycles. The van der Waals surface area contributed by atoms with Gasteiger partial charge in [-0.05, 0) is 24.2 Å². The predicted octanol–water partition coefficient (Wildman–Crippen LogP) is 1.48. The van der Waals surface area contributed by atoms with Crippen molar-refractivity contribution in [2.45, 2.75) is 24.8 Å². The Morgan fingerprint density at radius 2 is 2.00 bits per heavy atom. The summed E-state index contributed by atoms with van der Waals surface area (Å²) < 4.78 is 62.7. The van der Waals surface area contributed by atoms with E-state index in [0.717, 1.165) is 12.1 Å².